The minimum atomic E-state index is -0.950. The monoisotopic (exact) mass is 373 g/mol. The van der Waals surface area contributed by atoms with Crippen LogP contribution in [0.15, 0.2) is 35.4 Å². The van der Waals surface area contributed by atoms with Crippen molar-refractivity contribution in [2.45, 2.75) is 26.4 Å². The number of aromatic nitrogens is 4. The molecule has 0 bridgehead atoms. The third kappa shape index (κ3) is 3.32. The van der Waals surface area contributed by atoms with E-state index in [0.29, 0.717) is 43.1 Å². The van der Waals surface area contributed by atoms with Gasteiger partial charge in [-0.3, -0.25) is 9.48 Å². The molecule has 1 unspecified atom stereocenters. The summed E-state index contributed by atoms with van der Waals surface area (Å²) >= 11 is 0. The van der Waals surface area contributed by atoms with Gasteiger partial charge in [0.2, 0.25) is 5.91 Å². The molecule has 0 saturated carbocycles. The quantitative estimate of drug-likeness (QED) is 0.702. The van der Waals surface area contributed by atoms with Crippen LogP contribution in [-0.2, 0) is 24.3 Å². The molecule has 4 rings (SSSR count). The van der Waals surface area contributed by atoms with Crippen LogP contribution in [0.4, 0.5) is 8.78 Å². The van der Waals surface area contributed by atoms with Gasteiger partial charge in [-0.1, -0.05) is 12.1 Å². The van der Waals surface area contributed by atoms with Gasteiger partial charge in [0, 0.05) is 24.1 Å². The second-order valence-electron chi connectivity index (χ2n) is 6.59. The maximum Gasteiger partial charge on any atom is 0.227 e. The molecular weight excluding hydrogens is 356 g/mol. The van der Waals surface area contributed by atoms with Gasteiger partial charge in [-0.2, -0.15) is 5.10 Å². The molecule has 1 atom stereocenters. The SMILES string of the molecule is CC(Cn1cncn1)C(=O)N1CCc2onc(-c3ccc(F)c(F)c3)c2C1. The first-order valence-electron chi connectivity index (χ1n) is 8.57. The van der Waals surface area contributed by atoms with Gasteiger partial charge in [0.05, 0.1) is 19.0 Å². The Kier molecular flexibility index (Phi) is 4.43. The largest absolute Gasteiger partial charge is 0.360 e. The number of nitrogens with zero attached hydrogens (tertiary/aromatic N) is 5. The fraction of sp³-hybridized carbons (Fsp3) is 0.333. The third-order valence-corrected chi connectivity index (χ3v) is 4.68. The van der Waals surface area contributed by atoms with Crippen molar-refractivity contribution in [2.75, 3.05) is 6.54 Å². The van der Waals surface area contributed by atoms with Crippen molar-refractivity contribution in [2.24, 2.45) is 5.92 Å². The number of rotatable bonds is 4. The van der Waals surface area contributed by atoms with Crippen LogP contribution in [0.3, 0.4) is 0 Å². The van der Waals surface area contributed by atoms with Crippen LogP contribution in [0.2, 0.25) is 0 Å². The van der Waals surface area contributed by atoms with Crippen LogP contribution in [-0.4, -0.2) is 37.3 Å². The number of amides is 1. The molecule has 27 heavy (non-hydrogen) atoms. The second-order valence-corrected chi connectivity index (χ2v) is 6.59. The summed E-state index contributed by atoms with van der Waals surface area (Å²) in [6, 6.07) is 3.59. The van der Waals surface area contributed by atoms with Gasteiger partial charge in [0.1, 0.15) is 24.1 Å². The molecule has 7 nitrogen and oxygen atoms in total. The van der Waals surface area contributed by atoms with Crippen LogP contribution in [0, 0.1) is 17.6 Å². The highest BCUT2D eigenvalue weighted by Crippen LogP contribution is 2.31. The molecule has 2 aromatic heterocycles. The van der Waals surface area contributed by atoms with Gasteiger partial charge in [0.15, 0.2) is 11.6 Å². The van der Waals surface area contributed by atoms with Crippen molar-refractivity contribution >= 4 is 5.91 Å². The summed E-state index contributed by atoms with van der Waals surface area (Å²) in [4.78, 5) is 18.4. The Bertz CT molecular complexity index is 970. The van der Waals surface area contributed by atoms with Gasteiger partial charge in [0.25, 0.3) is 0 Å². The minimum Gasteiger partial charge on any atom is -0.360 e. The van der Waals surface area contributed by atoms with E-state index in [-0.39, 0.29) is 11.8 Å². The van der Waals surface area contributed by atoms with Gasteiger partial charge in [-0.15, -0.1) is 0 Å². The summed E-state index contributed by atoms with van der Waals surface area (Å²) in [7, 11) is 0. The topological polar surface area (TPSA) is 77.0 Å². The smallest absolute Gasteiger partial charge is 0.227 e. The molecule has 0 radical (unpaired) electrons. The Morgan fingerprint density at radius 1 is 1.33 bits per heavy atom. The summed E-state index contributed by atoms with van der Waals surface area (Å²) in [6.45, 7) is 3.10. The Morgan fingerprint density at radius 2 is 2.19 bits per heavy atom. The summed E-state index contributed by atoms with van der Waals surface area (Å²) in [5.41, 5.74) is 1.59. The number of hydrogen-bond donors (Lipinski definition) is 0. The van der Waals surface area contributed by atoms with Crippen LogP contribution in [0.1, 0.15) is 18.2 Å². The average molecular weight is 373 g/mol. The van der Waals surface area contributed by atoms with E-state index in [0.717, 1.165) is 17.7 Å². The Balaban J connectivity index is 1.54. The lowest BCUT2D eigenvalue weighted by Gasteiger charge is -2.28. The first kappa shape index (κ1) is 17.3. The zero-order valence-electron chi connectivity index (χ0n) is 14.6. The fourth-order valence-corrected chi connectivity index (χ4v) is 3.26. The first-order chi connectivity index (χ1) is 13.0. The lowest BCUT2D eigenvalue weighted by molar-refractivity contribution is -0.136. The number of carbonyl (C=O) groups is 1. The molecule has 0 spiro atoms. The van der Waals surface area contributed by atoms with Crippen LogP contribution in [0.5, 0.6) is 0 Å². The van der Waals surface area contributed by atoms with Gasteiger partial charge in [-0.05, 0) is 18.2 Å². The van der Waals surface area contributed by atoms with E-state index in [1.54, 1.807) is 15.9 Å². The molecule has 0 N–H and O–H groups in total. The maximum atomic E-state index is 13.6. The molecule has 0 aliphatic carbocycles. The molecule has 1 amide bonds. The zero-order chi connectivity index (χ0) is 19.0. The first-order valence-corrected chi connectivity index (χ1v) is 8.57. The molecule has 9 heteroatoms. The van der Waals surface area contributed by atoms with Crippen LogP contribution >= 0.6 is 0 Å². The number of benzene rings is 1. The minimum absolute atomic E-state index is 0.0198. The molecule has 0 fully saturated rings. The van der Waals surface area contributed by atoms with E-state index in [1.807, 2.05) is 6.92 Å². The molecule has 0 saturated heterocycles. The predicted molar refractivity (Wildman–Crippen MR) is 90.2 cm³/mol. The molecule has 3 heterocycles. The maximum absolute atomic E-state index is 13.6. The van der Waals surface area contributed by atoms with Crippen molar-refractivity contribution in [3.05, 3.63) is 53.8 Å². The molecular formula is C18H17F2N5O2. The Labute approximate surface area is 153 Å². The number of fused-ring (bicyclic) bond motifs is 1. The number of halogens is 2. The molecule has 140 valence electrons. The predicted octanol–water partition coefficient (Wildman–Crippen LogP) is 2.43. The lowest BCUT2D eigenvalue weighted by Crippen LogP contribution is -2.40. The van der Waals surface area contributed by atoms with Crippen molar-refractivity contribution in [1.82, 2.24) is 24.8 Å². The molecule has 1 aromatic carbocycles. The van der Waals surface area contributed by atoms with E-state index >= 15 is 0 Å². The van der Waals surface area contributed by atoms with E-state index in [9.17, 15) is 13.6 Å². The van der Waals surface area contributed by atoms with Crippen molar-refractivity contribution < 1.29 is 18.1 Å². The third-order valence-electron chi connectivity index (χ3n) is 4.68. The summed E-state index contributed by atoms with van der Waals surface area (Å²) in [5, 5.41) is 8.04. The molecule has 3 aromatic rings. The molecule has 1 aliphatic rings. The molecule has 1 aliphatic heterocycles. The summed E-state index contributed by atoms with van der Waals surface area (Å²) in [6.07, 6.45) is 3.52. The van der Waals surface area contributed by atoms with Gasteiger partial charge in [-0.25, -0.2) is 13.8 Å². The van der Waals surface area contributed by atoms with Gasteiger partial charge >= 0.3 is 0 Å². The van der Waals surface area contributed by atoms with Crippen molar-refractivity contribution in [1.29, 1.82) is 0 Å². The van der Waals surface area contributed by atoms with E-state index < -0.39 is 11.6 Å². The zero-order valence-corrected chi connectivity index (χ0v) is 14.6. The van der Waals surface area contributed by atoms with Crippen LogP contribution in [0.25, 0.3) is 11.3 Å². The number of hydrogen-bond acceptors (Lipinski definition) is 5. The van der Waals surface area contributed by atoms with E-state index in [4.69, 9.17) is 4.52 Å². The average Bonchev–Trinajstić information content (AvgIpc) is 3.32. The number of carbonyl (C=O) groups excluding carboxylic acids is 1. The second kappa shape index (κ2) is 6.90. The van der Waals surface area contributed by atoms with Crippen molar-refractivity contribution in [3.8, 4) is 11.3 Å². The van der Waals surface area contributed by atoms with Crippen LogP contribution < -0.4 is 0 Å². The highest BCUT2D eigenvalue weighted by Gasteiger charge is 2.30. The Hall–Kier alpha value is -3.10. The normalized spacial score (nSPS) is 14.9. The summed E-state index contributed by atoms with van der Waals surface area (Å²) in [5.74, 6) is -1.50. The fourth-order valence-electron chi connectivity index (χ4n) is 3.26. The lowest BCUT2D eigenvalue weighted by atomic mass is 10.00. The van der Waals surface area contributed by atoms with Crippen molar-refractivity contribution in [3.63, 3.8) is 0 Å². The Morgan fingerprint density at radius 3 is 2.93 bits per heavy atom. The summed E-state index contributed by atoms with van der Waals surface area (Å²) < 4.78 is 33.8. The highest BCUT2D eigenvalue weighted by molar-refractivity contribution is 5.79. The van der Waals surface area contributed by atoms with Gasteiger partial charge < -0.3 is 9.42 Å². The van der Waals surface area contributed by atoms with E-state index in [1.165, 1.54) is 12.4 Å². The standard InChI is InChI=1S/C18H17F2N5O2/c1-11(7-25-10-21-9-22-25)18(26)24-5-4-16-13(8-24)17(23-27-16)12-2-3-14(19)15(20)6-12/h2-3,6,9-11H,4-5,7-8H2,1H3. The highest BCUT2D eigenvalue weighted by atomic mass is 19.2. The van der Waals surface area contributed by atoms with E-state index in [2.05, 4.69) is 15.2 Å².